The first-order valence-electron chi connectivity index (χ1n) is 6.64. The predicted molar refractivity (Wildman–Crippen MR) is 76.6 cm³/mol. The van der Waals surface area contributed by atoms with Gasteiger partial charge < -0.3 is 9.55 Å². The van der Waals surface area contributed by atoms with E-state index in [1.165, 1.54) is 31.2 Å². The van der Waals surface area contributed by atoms with Crippen LogP contribution in [0.4, 0.5) is 0 Å². The number of aromatic nitrogens is 2. The third-order valence-corrected chi connectivity index (χ3v) is 4.82. The molecule has 0 unspecified atom stereocenters. The van der Waals surface area contributed by atoms with Gasteiger partial charge in [-0.05, 0) is 61.9 Å². The standard InChI is InChI=1S/C14H15ClN2S/c15-10-2-1-3-11-12(10)16-14(18)17(11)13(8-4-5-8)9-6-7-9/h1-3,8-9,13H,4-7H2,(H,16,18). The summed E-state index contributed by atoms with van der Waals surface area (Å²) in [6.07, 6.45) is 5.43. The van der Waals surface area contributed by atoms with Crippen molar-refractivity contribution < 1.29 is 0 Å². The van der Waals surface area contributed by atoms with Crippen LogP contribution in [0.15, 0.2) is 18.2 Å². The lowest BCUT2D eigenvalue weighted by Gasteiger charge is -2.18. The van der Waals surface area contributed by atoms with Crippen molar-refractivity contribution in [1.29, 1.82) is 0 Å². The predicted octanol–water partition coefficient (Wildman–Crippen LogP) is 4.71. The molecule has 4 heteroatoms. The Morgan fingerprint density at radius 2 is 1.89 bits per heavy atom. The van der Waals surface area contributed by atoms with Crippen LogP contribution in [0.5, 0.6) is 0 Å². The summed E-state index contributed by atoms with van der Waals surface area (Å²) < 4.78 is 3.17. The van der Waals surface area contributed by atoms with Crippen molar-refractivity contribution in [3.63, 3.8) is 0 Å². The molecule has 0 bridgehead atoms. The van der Waals surface area contributed by atoms with E-state index in [9.17, 15) is 0 Å². The van der Waals surface area contributed by atoms with E-state index in [4.69, 9.17) is 23.8 Å². The molecule has 1 aromatic heterocycles. The topological polar surface area (TPSA) is 20.7 Å². The quantitative estimate of drug-likeness (QED) is 0.806. The van der Waals surface area contributed by atoms with Crippen LogP contribution in [-0.4, -0.2) is 9.55 Å². The fourth-order valence-corrected chi connectivity index (χ4v) is 3.63. The summed E-state index contributed by atoms with van der Waals surface area (Å²) in [6.45, 7) is 0. The zero-order valence-corrected chi connectivity index (χ0v) is 11.6. The Kier molecular flexibility index (Phi) is 2.36. The van der Waals surface area contributed by atoms with E-state index in [-0.39, 0.29) is 0 Å². The van der Waals surface area contributed by atoms with Crippen molar-refractivity contribution in [3.05, 3.63) is 28.0 Å². The molecule has 0 atom stereocenters. The number of benzene rings is 1. The van der Waals surface area contributed by atoms with E-state index in [2.05, 4.69) is 15.6 Å². The van der Waals surface area contributed by atoms with E-state index >= 15 is 0 Å². The van der Waals surface area contributed by atoms with Crippen molar-refractivity contribution in [2.75, 3.05) is 0 Å². The van der Waals surface area contributed by atoms with Gasteiger partial charge >= 0.3 is 0 Å². The number of imidazole rings is 1. The van der Waals surface area contributed by atoms with Gasteiger partial charge in [0, 0.05) is 6.04 Å². The van der Waals surface area contributed by atoms with Crippen LogP contribution >= 0.6 is 23.8 Å². The number of halogens is 1. The lowest BCUT2D eigenvalue weighted by molar-refractivity contribution is 0.400. The molecule has 2 aromatic rings. The van der Waals surface area contributed by atoms with Crippen LogP contribution in [0.25, 0.3) is 11.0 Å². The van der Waals surface area contributed by atoms with Crippen molar-refractivity contribution in [2.45, 2.75) is 31.7 Å². The Morgan fingerprint density at radius 3 is 2.50 bits per heavy atom. The Labute approximate surface area is 116 Å². The summed E-state index contributed by atoms with van der Waals surface area (Å²) >= 11 is 11.8. The van der Waals surface area contributed by atoms with Gasteiger partial charge in [-0.3, -0.25) is 0 Å². The van der Waals surface area contributed by atoms with Gasteiger partial charge in [0.2, 0.25) is 0 Å². The summed E-state index contributed by atoms with van der Waals surface area (Å²) in [5, 5.41) is 0.766. The van der Waals surface area contributed by atoms with Gasteiger partial charge in [-0.2, -0.15) is 0 Å². The summed E-state index contributed by atoms with van der Waals surface area (Å²) in [5.41, 5.74) is 2.17. The van der Waals surface area contributed by atoms with Crippen LogP contribution in [-0.2, 0) is 0 Å². The molecule has 4 rings (SSSR count). The van der Waals surface area contributed by atoms with Gasteiger partial charge in [-0.1, -0.05) is 17.7 Å². The van der Waals surface area contributed by atoms with Gasteiger partial charge in [0.15, 0.2) is 4.77 Å². The molecule has 2 fully saturated rings. The molecule has 0 amide bonds. The molecular formula is C14H15ClN2S. The summed E-state index contributed by atoms with van der Waals surface area (Å²) in [7, 11) is 0. The monoisotopic (exact) mass is 278 g/mol. The number of hydrogen-bond donors (Lipinski definition) is 1. The molecule has 0 radical (unpaired) electrons. The Morgan fingerprint density at radius 1 is 1.22 bits per heavy atom. The van der Waals surface area contributed by atoms with Gasteiger partial charge in [0.05, 0.1) is 16.1 Å². The lowest BCUT2D eigenvalue weighted by Crippen LogP contribution is -2.13. The minimum Gasteiger partial charge on any atom is -0.329 e. The molecule has 1 heterocycles. The van der Waals surface area contributed by atoms with Crippen molar-refractivity contribution >= 4 is 34.9 Å². The van der Waals surface area contributed by atoms with Crippen LogP contribution in [0.1, 0.15) is 31.7 Å². The minimum atomic E-state index is 0.602. The average Bonchev–Trinajstić information content (AvgIpc) is 3.23. The van der Waals surface area contributed by atoms with Crippen LogP contribution < -0.4 is 0 Å². The van der Waals surface area contributed by atoms with Crippen molar-refractivity contribution in [3.8, 4) is 0 Å². The van der Waals surface area contributed by atoms with E-state index in [1.54, 1.807) is 0 Å². The lowest BCUT2D eigenvalue weighted by atomic mass is 10.1. The number of hydrogen-bond acceptors (Lipinski definition) is 1. The van der Waals surface area contributed by atoms with Gasteiger partial charge in [0.1, 0.15) is 0 Å². The number of H-pyrrole nitrogens is 1. The number of fused-ring (bicyclic) bond motifs is 1. The van der Waals surface area contributed by atoms with Gasteiger partial charge in [-0.15, -0.1) is 0 Å². The van der Waals surface area contributed by atoms with Crippen molar-refractivity contribution in [2.24, 2.45) is 11.8 Å². The summed E-state index contributed by atoms with van der Waals surface area (Å²) in [4.78, 5) is 3.29. The number of nitrogens with one attached hydrogen (secondary N) is 1. The SMILES string of the molecule is S=c1[nH]c2c(Cl)cccc2n1C(C1CC1)C1CC1. The van der Waals surface area contributed by atoms with Gasteiger partial charge in [-0.25, -0.2) is 0 Å². The Balaban J connectivity index is 1.95. The number of rotatable bonds is 3. The van der Waals surface area contributed by atoms with Gasteiger partial charge in [0.25, 0.3) is 0 Å². The molecule has 2 nitrogen and oxygen atoms in total. The van der Waals surface area contributed by atoms with Crippen LogP contribution in [0.2, 0.25) is 5.02 Å². The van der Waals surface area contributed by atoms with E-state index in [0.29, 0.717) is 6.04 Å². The first-order valence-corrected chi connectivity index (χ1v) is 7.43. The zero-order chi connectivity index (χ0) is 12.3. The highest BCUT2D eigenvalue weighted by atomic mass is 35.5. The largest absolute Gasteiger partial charge is 0.329 e. The molecule has 0 aliphatic heterocycles. The first-order chi connectivity index (χ1) is 8.75. The zero-order valence-electron chi connectivity index (χ0n) is 10.0. The van der Waals surface area contributed by atoms with Crippen LogP contribution in [0, 0.1) is 16.6 Å². The van der Waals surface area contributed by atoms with Crippen LogP contribution in [0.3, 0.4) is 0 Å². The molecule has 2 saturated carbocycles. The Hall–Kier alpha value is -0.800. The fourth-order valence-electron chi connectivity index (χ4n) is 3.09. The molecule has 2 aliphatic carbocycles. The third-order valence-electron chi connectivity index (χ3n) is 4.21. The molecule has 0 saturated heterocycles. The number of para-hydroxylation sites is 1. The van der Waals surface area contributed by atoms with E-state index in [1.807, 2.05) is 12.1 Å². The summed E-state index contributed by atoms with van der Waals surface area (Å²) in [5.74, 6) is 1.67. The maximum absolute atomic E-state index is 6.25. The second-order valence-electron chi connectivity index (χ2n) is 5.60. The second kappa shape index (κ2) is 3.84. The highest BCUT2D eigenvalue weighted by Crippen LogP contribution is 2.53. The first kappa shape index (κ1) is 11.1. The molecule has 2 aliphatic rings. The maximum Gasteiger partial charge on any atom is 0.178 e. The van der Waals surface area contributed by atoms with E-state index in [0.717, 1.165) is 27.1 Å². The highest BCUT2D eigenvalue weighted by Gasteiger charge is 2.43. The molecule has 18 heavy (non-hydrogen) atoms. The molecule has 1 aromatic carbocycles. The molecule has 94 valence electrons. The fraction of sp³-hybridized carbons (Fsp3) is 0.500. The Bertz CT molecular complexity index is 652. The normalized spacial score (nSPS) is 19.9. The smallest absolute Gasteiger partial charge is 0.178 e. The molecule has 1 N–H and O–H groups in total. The number of nitrogens with zero attached hydrogens (tertiary/aromatic N) is 1. The highest BCUT2D eigenvalue weighted by molar-refractivity contribution is 7.71. The number of aromatic amines is 1. The van der Waals surface area contributed by atoms with Crippen molar-refractivity contribution in [1.82, 2.24) is 9.55 Å². The van der Waals surface area contributed by atoms with E-state index < -0.39 is 0 Å². The second-order valence-corrected chi connectivity index (χ2v) is 6.39. The average molecular weight is 279 g/mol. The third kappa shape index (κ3) is 1.64. The summed E-state index contributed by atoms with van der Waals surface area (Å²) in [6, 6.07) is 6.67. The molecule has 0 spiro atoms. The maximum atomic E-state index is 6.25. The minimum absolute atomic E-state index is 0.602. The molecular weight excluding hydrogens is 264 g/mol.